The SMILES string of the molecule is COc1ccccc1-c1noc([C@H]2CC(=O)N(CC(F)(F)F)C2)n1. The van der Waals surface area contributed by atoms with E-state index in [1.807, 2.05) is 0 Å². The zero-order valence-electron chi connectivity index (χ0n) is 12.7. The molecule has 0 aliphatic carbocycles. The number of amides is 1. The van der Waals surface area contributed by atoms with Gasteiger partial charge in [0.25, 0.3) is 0 Å². The van der Waals surface area contributed by atoms with Gasteiger partial charge in [0.1, 0.15) is 12.3 Å². The number of carbonyl (C=O) groups excluding carboxylic acids is 1. The Balaban J connectivity index is 1.78. The van der Waals surface area contributed by atoms with Gasteiger partial charge in [0, 0.05) is 13.0 Å². The molecule has 0 saturated carbocycles. The molecule has 2 heterocycles. The zero-order chi connectivity index (χ0) is 17.3. The third kappa shape index (κ3) is 3.34. The van der Waals surface area contributed by atoms with Crippen molar-refractivity contribution in [3.05, 3.63) is 30.2 Å². The molecule has 1 saturated heterocycles. The van der Waals surface area contributed by atoms with Crippen LogP contribution < -0.4 is 4.74 Å². The number of benzene rings is 1. The highest BCUT2D eigenvalue weighted by Gasteiger charge is 2.40. The lowest BCUT2D eigenvalue weighted by Crippen LogP contribution is -2.35. The fourth-order valence-electron chi connectivity index (χ4n) is 2.65. The number of halogens is 3. The first-order chi connectivity index (χ1) is 11.4. The summed E-state index contributed by atoms with van der Waals surface area (Å²) in [4.78, 5) is 16.7. The van der Waals surface area contributed by atoms with E-state index < -0.39 is 24.5 Å². The number of rotatable bonds is 4. The molecule has 2 aromatic rings. The van der Waals surface area contributed by atoms with E-state index in [1.165, 1.54) is 7.11 Å². The molecule has 0 unspecified atom stereocenters. The quantitative estimate of drug-likeness (QED) is 0.855. The summed E-state index contributed by atoms with van der Waals surface area (Å²) < 4.78 is 47.7. The lowest BCUT2D eigenvalue weighted by molar-refractivity contribution is -0.157. The van der Waals surface area contributed by atoms with Crippen LogP contribution >= 0.6 is 0 Å². The molecule has 0 bridgehead atoms. The highest BCUT2D eigenvalue weighted by molar-refractivity contribution is 5.79. The van der Waals surface area contributed by atoms with E-state index in [-0.39, 0.29) is 24.7 Å². The van der Waals surface area contributed by atoms with Gasteiger partial charge < -0.3 is 14.2 Å². The molecule has 3 rings (SSSR count). The third-order valence-electron chi connectivity index (χ3n) is 3.72. The first kappa shape index (κ1) is 16.3. The average molecular weight is 341 g/mol. The average Bonchev–Trinajstić information content (AvgIpc) is 3.13. The number of nitrogens with zero attached hydrogens (tertiary/aromatic N) is 3. The van der Waals surface area contributed by atoms with Gasteiger partial charge >= 0.3 is 6.18 Å². The molecule has 1 aromatic heterocycles. The number of hydrogen-bond acceptors (Lipinski definition) is 5. The number of carbonyl (C=O) groups is 1. The van der Waals surface area contributed by atoms with Crippen molar-refractivity contribution >= 4 is 5.91 Å². The smallest absolute Gasteiger partial charge is 0.406 e. The Hall–Kier alpha value is -2.58. The predicted molar refractivity (Wildman–Crippen MR) is 76.3 cm³/mol. The maximum atomic E-state index is 12.5. The number of para-hydroxylation sites is 1. The third-order valence-corrected chi connectivity index (χ3v) is 3.72. The van der Waals surface area contributed by atoms with Crippen LogP contribution in [0, 0.1) is 0 Å². The van der Waals surface area contributed by atoms with E-state index in [9.17, 15) is 18.0 Å². The van der Waals surface area contributed by atoms with Crippen molar-refractivity contribution in [1.82, 2.24) is 15.0 Å². The Kier molecular flexibility index (Phi) is 4.16. The van der Waals surface area contributed by atoms with Crippen molar-refractivity contribution in [3.63, 3.8) is 0 Å². The van der Waals surface area contributed by atoms with E-state index in [2.05, 4.69) is 10.1 Å². The second-order valence-corrected chi connectivity index (χ2v) is 5.45. The number of likely N-dealkylation sites (tertiary alicyclic amines) is 1. The summed E-state index contributed by atoms with van der Waals surface area (Å²) >= 11 is 0. The van der Waals surface area contributed by atoms with Gasteiger partial charge in [-0.25, -0.2) is 0 Å². The topological polar surface area (TPSA) is 68.5 Å². The van der Waals surface area contributed by atoms with Crippen LogP contribution in [0.2, 0.25) is 0 Å². The van der Waals surface area contributed by atoms with Crippen LogP contribution in [0.4, 0.5) is 13.2 Å². The highest BCUT2D eigenvalue weighted by Crippen LogP contribution is 2.32. The van der Waals surface area contributed by atoms with Crippen LogP contribution in [0.5, 0.6) is 5.75 Å². The van der Waals surface area contributed by atoms with Crippen LogP contribution in [0.25, 0.3) is 11.4 Å². The summed E-state index contributed by atoms with van der Waals surface area (Å²) in [5.41, 5.74) is 0.603. The van der Waals surface area contributed by atoms with Gasteiger partial charge in [0.2, 0.25) is 17.6 Å². The van der Waals surface area contributed by atoms with Crippen LogP contribution in [0.3, 0.4) is 0 Å². The van der Waals surface area contributed by atoms with Gasteiger partial charge in [-0.1, -0.05) is 17.3 Å². The zero-order valence-corrected chi connectivity index (χ0v) is 12.7. The van der Waals surface area contributed by atoms with E-state index in [4.69, 9.17) is 9.26 Å². The molecule has 1 aromatic carbocycles. The molecule has 1 aliphatic heterocycles. The van der Waals surface area contributed by atoms with Gasteiger partial charge in [-0.15, -0.1) is 0 Å². The summed E-state index contributed by atoms with van der Waals surface area (Å²) in [7, 11) is 1.50. The van der Waals surface area contributed by atoms with Crippen molar-refractivity contribution in [1.29, 1.82) is 0 Å². The summed E-state index contributed by atoms with van der Waals surface area (Å²) in [6, 6.07) is 7.03. The second-order valence-electron chi connectivity index (χ2n) is 5.45. The molecular weight excluding hydrogens is 327 g/mol. The second kappa shape index (κ2) is 6.14. The number of hydrogen-bond donors (Lipinski definition) is 0. The fourth-order valence-corrected chi connectivity index (χ4v) is 2.65. The van der Waals surface area contributed by atoms with Crippen molar-refractivity contribution in [3.8, 4) is 17.1 Å². The minimum absolute atomic E-state index is 0.0797. The molecule has 1 aliphatic rings. The lowest BCUT2D eigenvalue weighted by Gasteiger charge is -2.17. The van der Waals surface area contributed by atoms with Crippen molar-refractivity contribution in [2.75, 3.05) is 20.2 Å². The van der Waals surface area contributed by atoms with E-state index in [0.29, 0.717) is 11.3 Å². The summed E-state index contributed by atoms with van der Waals surface area (Å²) in [5, 5.41) is 3.85. The molecule has 0 N–H and O–H groups in total. The Morgan fingerprint density at radius 1 is 1.38 bits per heavy atom. The van der Waals surface area contributed by atoms with Crippen molar-refractivity contribution in [2.45, 2.75) is 18.5 Å². The van der Waals surface area contributed by atoms with Crippen molar-refractivity contribution < 1.29 is 27.2 Å². The number of methoxy groups -OCH3 is 1. The summed E-state index contributed by atoms with van der Waals surface area (Å²) in [6.45, 7) is -1.36. The Morgan fingerprint density at radius 2 is 2.12 bits per heavy atom. The van der Waals surface area contributed by atoms with Gasteiger partial charge in [-0.2, -0.15) is 18.2 Å². The molecular formula is C15H14F3N3O3. The molecule has 0 radical (unpaired) electrons. The normalized spacial score (nSPS) is 18.2. The van der Waals surface area contributed by atoms with E-state index in [0.717, 1.165) is 4.90 Å². The predicted octanol–water partition coefficient (Wildman–Crippen LogP) is 2.62. The molecule has 24 heavy (non-hydrogen) atoms. The number of aromatic nitrogens is 2. The molecule has 1 fully saturated rings. The first-order valence-electron chi connectivity index (χ1n) is 7.19. The van der Waals surface area contributed by atoms with Crippen LogP contribution in [-0.4, -0.2) is 47.3 Å². The molecule has 1 atom stereocenters. The standard InChI is InChI=1S/C15H14F3N3O3/c1-23-11-5-3-2-4-10(11)13-19-14(24-20-13)9-6-12(22)21(7-9)8-15(16,17)18/h2-5,9H,6-8H2,1H3/t9-/m0/s1. The molecule has 128 valence electrons. The Bertz CT molecular complexity index is 745. The van der Waals surface area contributed by atoms with Crippen molar-refractivity contribution in [2.24, 2.45) is 0 Å². The summed E-state index contributed by atoms with van der Waals surface area (Å²) in [6.07, 6.45) is -4.51. The molecule has 6 nitrogen and oxygen atoms in total. The Labute approximate surface area is 135 Å². The van der Waals surface area contributed by atoms with Gasteiger partial charge in [-0.3, -0.25) is 4.79 Å². The minimum atomic E-state index is -4.43. The lowest BCUT2D eigenvalue weighted by atomic mass is 10.1. The van der Waals surface area contributed by atoms with Gasteiger partial charge in [0.15, 0.2) is 0 Å². The fraction of sp³-hybridized carbons (Fsp3) is 0.400. The summed E-state index contributed by atoms with van der Waals surface area (Å²) in [5.74, 6) is -0.158. The maximum Gasteiger partial charge on any atom is 0.406 e. The van der Waals surface area contributed by atoms with E-state index >= 15 is 0 Å². The maximum absolute atomic E-state index is 12.5. The number of alkyl halides is 3. The van der Waals surface area contributed by atoms with Crippen LogP contribution in [0.1, 0.15) is 18.2 Å². The minimum Gasteiger partial charge on any atom is -0.496 e. The molecule has 1 amide bonds. The number of ether oxygens (including phenoxy) is 1. The molecule has 0 spiro atoms. The van der Waals surface area contributed by atoms with Gasteiger partial charge in [0.05, 0.1) is 18.6 Å². The largest absolute Gasteiger partial charge is 0.496 e. The first-order valence-corrected chi connectivity index (χ1v) is 7.19. The Morgan fingerprint density at radius 3 is 2.83 bits per heavy atom. The van der Waals surface area contributed by atoms with Crippen LogP contribution in [0.15, 0.2) is 28.8 Å². The van der Waals surface area contributed by atoms with Gasteiger partial charge in [-0.05, 0) is 12.1 Å². The monoisotopic (exact) mass is 341 g/mol. The molecule has 9 heteroatoms. The van der Waals surface area contributed by atoms with Crippen LogP contribution in [-0.2, 0) is 4.79 Å². The van der Waals surface area contributed by atoms with E-state index in [1.54, 1.807) is 24.3 Å². The highest BCUT2D eigenvalue weighted by atomic mass is 19.4.